The van der Waals surface area contributed by atoms with E-state index in [2.05, 4.69) is 31.0 Å². The van der Waals surface area contributed by atoms with Crippen LogP contribution in [0, 0.1) is 0 Å². The monoisotopic (exact) mass is 496 g/mol. The van der Waals surface area contributed by atoms with E-state index in [0.29, 0.717) is 0 Å². The first-order valence-electron chi connectivity index (χ1n) is 15.8. The zero-order valence-corrected chi connectivity index (χ0v) is 24.8. The maximum Gasteiger partial charge on any atom is 0.168 e. The molecule has 34 heavy (non-hydrogen) atoms. The van der Waals surface area contributed by atoms with E-state index in [1.807, 2.05) is 0 Å². The molecular formula is C31H64N2S. The Morgan fingerprint density at radius 1 is 0.441 bits per heavy atom. The maximum atomic E-state index is 5.84. The Balaban J connectivity index is 4.04. The Morgan fingerprint density at radius 3 is 1.09 bits per heavy atom. The predicted octanol–water partition coefficient (Wildman–Crippen LogP) is 10.6. The van der Waals surface area contributed by atoms with E-state index >= 15 is 0 Å². The molecule has 0 rings (SSSR count). The summed E-state index contributed by atoms with van der Waals surface area (Å²) >= 11 is 5.84. The van der Waals surface area contributed by atoms with E-state index in [-0.39, 0.29) is 0 Å². The second kappa shape index (κ2) is 28.9. The van der Waals surface area contributed by atoms with Crippen LogP contribution in [0.4, 0.5) is 0 Å². The molecule has 0 radical (unpaired) electrons. The number of thiocarbonyl (C=S) groups is 1. The lowest BCUT2D eigenvalue weighted by atomic mass is 10.1. The summed E-state index contributed by atoms with van der Waals surface area (Å²) in [5.74, 6) is 0. The highest BCUT2D eigenvalue weighted by atomic mass is 32.1. The van der Waals surface area contributed by atoms with Crippen LogP contribution in [-0.4, -0.2) is 29.6 Å². The van der Waals surface area contributed by atoms with Crippen molar-refractivity contribution in [3.63, 3.8) is 0 Å². The Hall–Kier alpha value is -0.310. The first kappa shape index (κ1) is 33.7. The van der Waals surface area contributed by atoms with Gasteiger partial charge >= 0.3 is 0 Å². The van der Waals surface area contributed by atoms with E-state index < -0.39 is 0 Å². The second-order valence-electron chi connectivity index (χ2n) is 10.6. The molecule has 0 spiro atoms. The van der Waals surface area contributed by atoms with Crippen LogP contribution in [0.3, 0.4) is 0 Å². The van der Waals surface area contributed by atoms with Gasteiger partial charge in [-0.05, 0) is 31.5 Å². The smallest absolute Gasteiger partial charge is 0.168 e. The van der Waals surface area contributed by atoms with Crippen molar-refractivity contribution in [3.8, 4) is 0 Å². The molecule has 0 aliphatic heterocycles. The fraction of sp³-hybridized carbons (Fsp3) is 0.968. The molecule has 0 saturated heterocycles. The molecule has 0 amide bonds. The molecule has 0 aromatic heterocycles. The van der Waals surface area contributed by atoms with Gasteiger partial charge in [-0.25, -0.2) is 0 Å². The SMILES string of the molecule is CCCCCCCCCCNC(=S)N(CCCCCCCCCC)CCCCCCCCCC. The predicted molar refractivity (Wildman–Crippen MR) is 160 cm³/mol. The molecule has 0 atom stereocenters. The van der Waals surface area contributed by atoms with Gasteiger partial charge in [0.15, 0.2) is 5.11 Å². The van der Waals surface area contributed by atoms with Gasteiger partial charge in [0.2, 0.25) is 0 Å². The van der Waals surface area contributed by atoms with Crippen LogP contribution in [0.1, 0.15) is 175 Å². The van der Waals surface area contributed by atoms with E-state index in [9.17, 15) is 0 Å². The largest absolute Gasteiger partial charge is 0.363 e. The number of nitrogens with one attached hydrogen (secondary N) is 1. The first-order valence-corrected chi connectivity index (χ1v) is 16.2. The van der Waals surface area contributed by atoms with Crippen LogP contribution in [0.15, 0.2) is 0 Å². The molecule has 0 aliphatic rings. The summed E-state index contributed by atoms with van der Waals surface area (Å²) in [6.45, 7) is 10.2. The summed E-state index contributed by atoms with van der Waals surface area (Å²) in [5.41, 5.74) is 0. The van der Waals surface area contributed by atoms with Gasteiger partial charge in [0, 0.05) is 19.6 Å². The molecule has 3 heteroatoms. The normalized spacial score (nSPS) is 11.1. The molecule has 0 saturated carbocycles. The van der Waals surface area contributed by atoms with Gasteiger partial charge in [0.25, 0.3) is 0 Å². The molecule has 0 heterocycles. The zero-order chi connectivity index (χ0) is 25.0. The minimum atomic E-state index is 1.02. The van der Waals surface area contributed by atoms with Gasteiger partial charge in [-0.2, -0.15) is 0 Å². The molecule has 0 unspecified atom stereocenters. The van der Waals surface area contributed by atoms with Gasteiger partial charge in [-0.15, -0.1) is 0 Å². The summed E-state index contributed by atoms with van der Waals surface area (Å²) in [7, 11) is 0. The molecule has 2 nitrogen and oxygen atoms in total. The highest BCUT2D eigenvalue weighted by Crippen LogP contribution is 2.12. The molecular weight excluding hydrogens is 432 g/mol. The Morgan fingerprint density at radius 2 is 0.735 bits per heavy atom. The molecule has 0 aromatic rings. The van der Waals surface area contributed by atoms with Crippen molar-refractivity contribution in [2.45, 2.75) is 175 Å². The van der Waals surface area contributed by atoms with Crippen molar-refractivity contribution >= 4 is 17.3 Å². The number of nitrogens with zero attached hydrogens (tertiary/aromatic N) is 1. The van der Waals surface area contributed by atoms with Crippen molar-refractivity contribution in [2.24, 2.45) is 0 Å². The summed E-state index contributed by atoms with van der Waals surface area (Å²) in [6.07, 6.45) is 33.1. The summed E-state index contributed by atoms with van der Waals surface area (Å²) in [4.78, 5) is 2.49. The third-order valence-electron chi connectivity index (χ3n) is 7.16. The van der Waals surface area contributed by atoms with Gasteiger partial charge in [-0.1, -0.05) is 156 Å². The Bertz CT molecular complexity index is 379. The third-order valence-corrected chi connectivity index (χ3v) is 7.56. The van der Waals surface area contributed by atoms with Crippen molar-refractivity contribution in [1.29, 1.82) is 0 Å². The van der Waals surface area contributed by atoms with Crippen molar-refractivity contribution in [3.05, 3.63) is 0 Å². The average molecular weight is 497 g/mol. The lowest BCUT2D eigenvalue weighted by Gasteiger charge is -2.26. The molecule has 0 fully saturated rings. The highest BCUT2D eigenvalue weighted by Gasteiger charge is 2.09. The lowest BCUT2D eigenvalue weighted by Crippen LogP contribution is -2.41. The van der Waals surface area contributed by atoms with Crippen LogP contribution >= 0.6 is 12.2 Å². The van der Waals surface area contributed by atoms with Crippen LogP contribution < -0.4 is 5.32 Å². The van der Waals surface area contributed by atoms with Gasteiger partial charge in [-0.3, -0.25) is 0 Å². The van der Waals surface area contributed by atoms with Crippen LogP contribution in [0.5, 0.6) is 0 Å². The lowest BCUT2D eigenvalue weighted by molar-refractivity contribution is 0.378. The molecule has 0 bridgehead atoms. The first-order chi connectivity index (χ1) is 16.8. The third kappa shape index (κ3) is 24.8. The quantitative estimate of drug-likeness (QED) is 0.0899. The van der Waals surface area contributed by atoms with Crippen LogP contribution in [0.2, 0.25) is 0 Å². The minimum Gasteiger partial charge on any atom is -0.363 e. The van der Waals surface area contributed by atoms with Gasteiger partial charge in [0.05, 0.1) is 0 Å². The maximum absolute atomic E-state index is 5.84. The van der Waals surface area contributed by atoms with Crippen LogP contribution in [0.25, 0.3) is 0 Å². The van der Waals surface area contributed by atoms with Gasteiger partial charge < -0.3 is 10.2 Å². The average Bonchev–Trinajstić information content (AvgIpc) is 2.84. The zero-order valence-electron chi connectivity index (χ0n) is 23.9. The highest BCUT2D eigenvalue weighted by molar-refractivity contribution is 7.80. The molecule has 0 aliphatic carbocycles. The van der Waals surface area contributed by atoms with Crippen molar-refractivity contribution in [1.82, 2.24) is 10.2 Å². The molecule has 0 aromatic carbocycles. The van der Waals surface area contributed by atoms with E-state index in [1.165, 1.54) is 154 Å². The van der Waals surface area contributed by atoms with Crippen molar-refractivity contribution < 1.29 is 0 Å². The Labute approximate surface area is 221 Å². The summed E-state index contributed by atoms with van der Waals surface area (Å²) in [6, 6.07) is 0. The molecule has 204 valence electrons. The fourth-order valence-corrected chi connectivity index (χ4v) is 5.04. The number of hydrogen-bond acceptors (Lipinski definition) is 1. The number of hydrogen-bond donors (Lipinski definition) is 1. The topological polar surface area (TPSA) is 15.3 Å². The Kier molecular flexibility index (Phi) is 28.7. The summed E-state index contributed by atoms with van der Waals surface area (Å²) in [5, 5.41) is 4.62. The van der Waals surface area contributed by atoms with E-state index in [4.69, 9.17) is 12.2 Å². The van der Waals surface area contributed by atoms with E-state index in [0.717, 1.165) is 24.7 Å². The second-order valence-corrected chi connectivity index (χ2v) is 11.0. The van der Waals surface area contributed by atoms with E-state index in [1.54, 1.807) is 0 Å². The minimum absolute atomic E-state index is 1.02. The molecule has 1 N–H and O–H groups in total. The fourth-order valence-electron chi connectivity index (χ4n) is 4.75. The number of unbranched alkanes of at least 4 members (excludes halogenated alkanes) is 21. The standard InChI is InChI=1S/C31H64N2S/c1-4-7-10-13-16-19-22-25-28-32-31(34)33(29-26-23-20-17-14-11-8-5-2)30-27-24-21-18-15-12-9-6-3/h4-30H2,1-3H3,(H,32,34). The van der Waals surface area contributed by atoms with Crippen molar-refractivity contribution in [2.75, 3.05) is 19.6 Å². The van der Waals surface area contributed by atoms with Gasteiger partial charge in [0.1, 0.15) is 0 Å². The summed E-state index contributed by atoms with van der Waals surface area (Å²) < 4.78 is 0. The van der Waals surface area contributed by atoms with Crippen LogP contribution in [-0.2, 0) is 0 Å². The number of rotatable bonds is 27.